The molecule has 0 aliphatic rings. The molecule has 6 nitrogen and oxygen atoms in total. The smallest absolute Gasteiger partial charge is 0.277 e. The first-order chi connectivity index (χ1) is 12.8. The van der Waals surface area contributed by atoms with Crippen molar-refractivity contribution >= 4 is 39.9 Å². The predicted octanol–water partition coefficient (Wildman–Crippen LogP) is 3.29. The number of aliphatic hydroxyl groups excluding tert-OH is 1. The van der Waals surface area contributed by atoms with Gasteiger partial charge in [0.15, 0.2) is 11.6 Å². The molecule has 1 unspecified atom stereocenters. The maximum absolute atomic E-state index is 13.7. The molecule has 1 atom stereocenters. The Balaban J connectivity index is 2.22. The number of hydroxylamine groups is 1. The fourth-order valence-corrected chi connectivity index (χ4v) is 2.85. The molecule has 0 aliphatic heterocycles. The van der Waals surface area contributed by atoms with Crippen molar-refractivity contribution in [3.05, 3.63) is 56.7 Å². The van der Waals surface area contributed by atoms with Crippen LogP contribution >= 0.6 is 22.6 Å². The second-order valence-corrected chi connectivity index (χ2v) is 6.92. The van der Waals surface area contributed by atoms with E-state index in [0.717, 1.165) is 21.3 Å². The van der Waals surface area contributed by atoms with Gasteiger partial charge in [0.05, 0.1) is 17.9 Å². The minimum atomic E-state index is -1.16. The van der Waals surface area contributed by atoms with Crippen molar-refractivity contribution in [2.45, 2.75) is 13.0 Å². The number of methoxy groups -OCH3 is 1. The molecular formula is C18H19F2IN2O4. The monoisotopic (exact) mass is 492 g/mol. The Bertz CT molecular complexity index is 816. The van der Waals surface area contributed by atoms with Crippen LogP contribution < -0.4 is 10.8 Å². The van der Waals surface area contributed by atoms with Gasteiger partial charge in [-0.05, 0) is 59.3 Å². The average molecular weight is 492 g/mol. The van der Waals surface area contributed by atoms with Crippen LogP contribution in [0.3, 0.4) is 0 Å². The van der Waals surface area contributed by atoms with Crippen LogP contribution in [0.15, 0.2) is 30.3 Å². The summed E-state index contributed by atoms with van der Waals surface area (Å²) in [6, 6.07) is 7.23. The molecule has 0 saturated heterocycles. The lowest BCUT2D eigenvalue weighted by atomic mass is 10.1. The summed E-state index contributed by atoms with van der Waals surface area (Å²) in [4.78, 5) is 17.3. The van der Waals surface area contributed by atoms with E-state index in [4.69, 9.17) is 14.7 Å². The number of hydrogen-bond donors (Lipinski definition) is 3. The van der Waals surface area contributed by atoms with Crippen LogP contribution in [0.2, 0.25) is 0 Å². The molecule has 2 aromatic rings. The third kappa shape index (κ3) is 5.83. The molecule has 2 aromatic carbocycles. The molecule has 0 saturated carbocycles. The molecule has 0 fully saturated rings. The number of benzene rings is 2. The second-order valence-electron chi connectivity index (χ2n) is 5.68. The van der Waals surface area contributed by atoms with Crippen molar-refractivity contribution in [1.82, 2.24) is 5.48 Å². The minimum Gasteiger partial charge on any atom is -0.394 e. The Hall–Kier alpha value is -1.82. The molecule has 0 radical (unpaired) electrons. The van der Waals surface area contributed by atoms with Crippen LogP contribution in [0.1, 0.15) is 15.9 Å². The molecule has 2 rings (SSSR count). The van der Waals surface area contributed by atoms with Crippen molar-refractivity contribution < 1.29 is 28.3 Å². The highest BCUT2D eigenvalue weighted by Gasteiger charge is 2.18. The number of aliphatic hydroxyl groups is 1. The van der Waals surface area contributed by atoms with Gasteiger partial charge in [0.1, 0.15) is 12.7 Å². The molecule has 146 valence electrons. The number of nitrogens with one attached hydrogen (secondary N) is 2. The normalized spacial score (nSPS) is 11.9. The molecule has 9 heteroatoms. The molecular weight excluding hydrogens is 473 g/mol. The zero-order valence-electron chi connectivity index (χ0n) is 14.7. The van der Waals surface area contributed by atoms with Gasteiger partial charge in [-0.3, -0.25) is 9.63 Å². The Morgan fingerprint density at radius 3 is 2.56 bits per heavy atom. The van der Waals surface area contributed by atoms with E-state index >= 15 is 0 Å². The number of carbonyl (C=O) groups is 1. The highest BCUT2D eigenvalue weighted by Crippen LogP contribution is 2.27. The fraction of sp³-hybridized carbons (Fsp3) is 0.278. The summed E-state index contributed by atoms with van der Waals surface area (Å²) in [6.07, 6.45) is -0.623. The van der Waals surface area contributed by atoms with Gasteiger partial charge in [-0.15, -0.1) is 0 Å². The minimum absolute atomic E-state index is 0.0877. The lowest BCUT2D eigenvalue weighted by Gasteiger charge is -2.16. The van der Waals surface area contributed by atoms with E-state index in [-0.39, 0.29) is 24.5 Å². The molecule has 1 amide bonds. The van der Waals surface area contributed by atoms with Crippen molar-refractivity contribution in [2.24, 2.45) is 0 Å². The van der Waals surface area contributed by atoms with Crippen molar-refractivity contribution in [2.75, 3.05) is 25.6 Å². The zero-order valence-corrected chi connectivity index (χ0v) is 16.8. The fourth-order valence-electron chi connectivity index (χ4n) is 2.20. The van der Waals surface area contributed by atoms with E-state index in [2.05, 4.69) is 33.4 Å². The standard InChI is InChI=1S/C18H19F2IN2O4/c1-10-5-11(21)3-4-16(10)22-17-7-15(20)14(19)6-13(17)18(25)23-27-9-12(8-24)26-2/h3-7,12,22,24H,8-9H2,1-2H3,(H,23,25). The van der Waals surface area contributed by atoms with Crippen LogP contribution in [0, 0.1) is 22.1 Å². The average Bonchev–Trinajstić information content (AvgIpc) is 2.63. The van der Waals surface area contributed by atoms with Gasteiger partial charge in [0, 0.05) is 22.4 Å². The summed E-state index contributed by atoms with van der Waals surface area (Å²) in [6.45, 7) is 1.45. The predicted molar refractivity (Wildman–Crippen MR) is 105 cm³/mol. The molecule has 0 aliphatic carbocycles. The van der Waals surface area contributed by atoms with Gasteiger partial charge >= 0.3 is 0 Å². The van der Waals surface area contributed by atoms with Gasteiger partial charge in [-0.2, -0.15) is 0 Å². The van der Waals surface area contributed by atoms with Crippen LogP contribution in [0.5, 0.6) is 0 Å². The lowest BCUT2D eigenvalue weighted by molar-refractivity contribution is -0.0469. The van der Waals surface area contributed by atoms with Gasteiger partial charge in [-0.1, -0.05) is 0 Å². The van der Waals surface area contributed by atoms with E-state index in [1.807, 2.05) is 19.1 Å². The van der Waals surface area contributed by atoms with E-state index in [9.17, 15) is 13.6 Å². The van der Waals surface area contributed by atoms with Crippen LogP contribution in [-0.2, 0) is 9.57 Å². The summed E-state index contributed by atoms with van der Waals surface area (Å²) in [5, 5.41) is 12.0. The lowest BCUT2D eigenvalue weighted by Crippen LogP contribution is -2.31. The topological polar surface area (TPSA) is 79.8 Å². The highest BCUT2D eigenvalue weighted by atomic mass is 127. The molecule has 27 heavy (non-hydrogen) atoms. The third-order valence-electron chi connectivity index (χ3n) is 3.73. The molecule has 3 N–H and O–H groups in total. The second kappa shape index (κ2) is 9.93. The van der Waals surface area contributed by atoms with E-state index < -0.39 is 23.6 Å². The first-order valence-electron chi connectivity index (χ1n) is 7.93. The van der Waals surface area contributed by atoms with Crippen molar-refractivity contribution in [3.63, 3.8) is 0 Å². The van der Waals surface area contributed by atoms with E-state index in [0.29, 0.717) is 5.69 Å². The maximum Gasteiger partial charge on any atom is 0.277 e. The number of ether oxygens (including phenoxy) is 1. The van der Waals surface area contributed by atoms with Crippen molar-refractivity contribution in [1.29, 1.82) is 0 Å². The summed E-state index contributed by atoms with van der Waals surface area (Å²) in [5.41, 5.74) is 3.61. The van der Waals surface area contributed by atoms with Gasteiger partial charge in [-0.25, -0.2) is 14.3 Å². The quantitative estimate of drug-likeness (QED) is 0.390. The Morgan fingerprint density at radius 1 is 1.22 bits per heavy atom. The first kappa shape index (κ1) is 21.5. The molecule has 0 bridgehead atoms. The summed E-state index contributed by atoms with van der Waals surface area (Å²) in [5.74, 6) is -3.01. The first-order valence-corrected chi connectivity index (χ1v) is 9.01. The summed E-state index contributed by atoms with van der Waals surface area (Å²) < 4.78 is 33.3. The van der Waals surface area contributed by atoms with Crippen molar-refractivity contribution in [3.8, 4) is 0 Å². The Morgan fingerprint density at radius 2 is 1.93 bits per heavy atom. The summed E-state index contributed by atoms with van der Waals surface area (Å²) in [7, 11) is 1.38. The van der Waals surface area contributed by atoms with Crippen LogP contribution in [0.25, 0.3) is 0 Å². The Labute approximate surface area is 169 Å². The molecule has 0 heterocycles. The van der Waals surface area contributed by atoms with E-state index in [1.54, 1.807) is 6.07 Å². The summed E-state index contributed by atoms with van der Waals surface area (Å²) >= 11 is 2.16. The number of carbonyl (C=O) groups excluding carboxylic acids is 1. The zero-order chi connectivity index (χ0) is 20.0. The van der Waals surface area contributed by atoms with Gasteiger partial charge in [0.2, 0.25) is 0 Å². The van der Waals surface area contributed by atoms with E-state index in [1.165, 1.54) is 7.11 Å². The van der Waals surface area contributed by atoms with Gasteiger partial charge < -0.3 is 15.2 Å². The maximum atomic E-state index is 13.7. The largest absolute Gasteiger partial charge is 0.394 e. The number of anilines is 2. The number of hydrogen-bond acceptors (Lipinski definition) is 5. The number of amides is 1. The molecule has 0 aromatic heterocycles. The van der Waals surface area contributed by atoms with Crippen LogP contribution in [-0.4, -0.2) is 37.4 Å². The third-order valence-corrected chi connectivity index (χ3v) is 4.40. The van der Waals surface area contributed by atoms with Crippen LogP contribution in [0.4, 0.5) is 20.2 Å². The Kier molecular flexibility index (Phi) is 7.90. The number of halogens is 3. The number of aryl methyl sites for hydroxylation is 1. The highest BCUT2D eigenvalue weighted by molar-refractivity contribution is 14.1. The number of rotatable bonds is 8. The SMILES string of the molecule is COC(CO)CONC(=O)c1cc(F)c(F)cc1Nc1ccc(I)cc1C. The molecule has 0 spiro atoms. The van der Waals surface area contributed by atoms with Gasteiger partial charge in [0.25, 0.3) is 5.91 Å².